The summed E-state index contributed by atoms with van der Waals surface area (Å²) in [5.41, 5.74) is 1.60. The number of thioether (sulfide) groups is 1. The number of ether oxygens (including phenoxy) is 1. The van der Waals surface area contributed by atoms with Gasteiger partial charge in [0.05, 0.1) is 27.9 Å². The molecule has 0 spiro atoms. The molecule has 1 N–H and O–H groups in total. The molecule has 0 aliphatic carbocycles. The molecule has 8 heteroatoms. The van der Waals surface area contributed by atoms with E-state index in [0.29, 0.717) is 20.7 Å². The van der Waals surface area contributed by atoms with Crippen molar-refractivity contribution in [3.05, 3.63) is 104 Å². The molecule has 33 heavy (non-hydrogen) atoms. The average Bonchev–Trinajstić information content (AvgIpc) is 3.40. The van der Waals surface area contributed by atoms with Gasteiger partial charge in [-0.25, -0.2) is 4.98 Å². The fourth-order valence-corrected chi connectivity index (χ4v) is 5.07. The third kappa shape index (κ3) is 4.61. The summed E-state index contributed by atoms with van der Waals surface area (Å²) in [6, 6.07) is 23.0. The fourth-order valence-electron chi connectivity index (χ4n) is 3.29. The summed E-state index contributed by atoms with van der Waals surface area (Å²) in [6.45, 7) is 0. The number of halogens is 1. The highest BCUT2D eigenvalue weighted by molar-refractivity contribution is 8.06. The van der Waals surface area contributed by atoms with Gasteiger partial charge in [-0.3, -0.25) is 9.89 Å². The molecule has 3 aromatic carbocycles. The molecular weight excluding hydrogens is 474 g/mol. The summed E-state index contributed by atoms with van der Waals surface area (Å²) >= 11 is 8.98. The minimum absolute atomic E-state index is 0.159. The van der Waals surface area contributed by atoms with Crippen molar-refractivity contribution in [2.75, 3.05) is 7.11 Å². The van der Waals surface area contributed by atoms with Crippen LogP contribution >= 0.6 is 34.7 Å². The van der Waals surface area contributed by atoms with Crippen LogP contribution in [0.15, 0.2) is 82.5 Å². The zero-order chi connectivity index (χ0) is 22.8. The standard InChI is InChI=1S/C25H18ClN3O2S2/c1-31-18-10-6-16(7-11-18)14-20-22(15-32-19-12-8-17(26)9-13-19)28-29(24(20)30)25-27-21-4-2-3-5-23(21)33-25/h2-15,28H,1H3/b20-14?,22-15-. The van der Waals surface area contributed by atoms with Gasteiger partial charge in [0.25, 0.3) is 5.56 Å². The van der Waals surface area contributed by atoms with Crippen LogP contribution in [0.25, 0.3) is 26.8 Å². The predicted molar refractivity (Wildman–Crippen MR) is 137 cm³/mol. The van der Waals surface area contributed by atoms with Crippen LogP contribution in [0.1, 0.15) is 5.56 Å². The Hall–Kier alpha value is -3.26. The number of rotatable bonds is 5. The van der Waals surface area contributed by atoms with Gasteiger partial charge in [0, 0.05) is 15.3 Å². The van der Waals surface area contributed by atoms with Gasteiger partial charge < -0.3 is 4.74 Å². The lowest BCUT2D eigenvalue weighted by atomic mass is 10.2. The van der Waals surface area contributed by atoms with Crippen LogP contribution < -0.4 is 20.9 Å². The Labute approximate surface area is 202 Å². The van der Waals surface area contributed by atoms with Crippen molar-refractivity contribution < 1.29 is 4.74 Å². The van der Waals surface area contributed by atoms with E-state index in [2.05, 4.69) is 10.1 Å². The van der Waals surface area contributed by atoms with E-state index in [0.717, 1.165) is 26.4 Å². The van der Waals surface area contributed by atoms with Crippen molar-refractivity contribution in [3.63, 3.8) is 0 Å². The molecular formula is C25H18ClN3O2S2. The monoisotopic (exact) mass is 491 g/mol. The van der Waals surface area contributed by atoms with Crippen molar-refractivity contribution in [1.29, 1.82) is 0 Å². The number of benzene rings is 3. The van der Waals surface area contributed by atoms with Gasteiger partial charge in [0.2, 0.25) is 5.13 Å². The molecule has 0 bridgehead atoms. The molecule has 2 heterocycles. The van der Waals surface area contributed by atoms with E-state index in [-0.39, 0.29) is 5.56 Å². The molecule has 0 aliphatic heterocycles. The van der Waals surface area contributed by atoms with Crippen LogP contribution in [-0.2, 0) is 0 Å². The molecule has 0 radical (unpaired) electrons. The average molecular weight is 492 g/mol. The molecule has 0 aliphatic rings. The van der Waals surface area contributed by atoms with Crippen LogP contribution in [0.3, 0.4) is 0 Å². The molecule has 2 aromatic heterocycles. The van der Waals surface area contributed by atoms with Crippen LogP contribution in [0.2, 0.25) is 5.02 Å². The quantitative estimate of drug-likeness (QED) is 0.359. The number of aromatic nitrogens is 3. The topological polar surface area (TPSA) is 59.9 Å². The van der Waals surface area contributed by atoms with Gasteiger partial charge in [0.15, 0.2) is 0 Å². The fraction of sp³-hybridized carbons (Fsp3) is 0.0400. The highest BCUT2D eigenvalue weighted by Crippen LogP contribution is 2.23. The normalized spacial score (nSPS) is 12.5. The van der Waals surface area contributed by atoms with Gasteiger partial charge in [-0.1, -0.05) is 59.0 Å². The molecule has 0 fully saturated rings. The van der Waals surface area contributed by atoms with E-state index in [4.69, 9.17) is 16.3 Å². The Bertz CT molecular complexity index is 1570. The lowest BCUT2D eigenvalue weighted by Crippen LogP contribution is -2.34. The second-order valence-corrected chi connectivity index (χ2v) is 9.54. The zero-order valence-electron chi connectivity index (χ0n) is 17.5. The van der Waals surface area contributed by atoms with E-state index in [1.165, 1.54) is 27.8 Å². The first-order valence-corrected chi connectivity index (χ1v) is 12.1. The Morgan fingerprint density at radius 2 is 1.82 bits per heavy atom. The zero-order valence-corrected chi connectivity index (χ0v) is 19.9. The first-order chi connectivity index (χ1) is 16.1. The van der Waals surface area contributed by atoms with Crippen LogP contribution in [0, 0.1) is 0 Å². The maximum atomic E-state index is 13.4. The van der Waals surface area contributed by atoms with Crippen molar-refractivity contribution >= 4 is 56.4 Å². The number of para-hydroxylation sites is 1. The molecule has 0 saturated heterocycles. The van der Waals surface area contributed by atoms with Crippen molar-refractivity contribution in [2.45, 2.75) is 4.90 Å². The smallest absolute Gasteiger partial charge is 0.281 e. The number of nitrogens with one attached hydrogen (secondary N) is 1. The van der Waals surface area contributed by atoms with E-state index >= 15 is 0 Å². The SMILES string of the molecule is COc1ccc(C=c2c(=O)n(-c3nc4ccccc4s3)[nH]/c2=C\Sc2ccc(Cl)cc2)cc1. The first kappa shape index (κ1) is 21.6. The van der Waals surface area contributed by atoms with Crippen LogP contribution in [-0.4, -0.2) is 21.9 Å². The van der Waals surface area contributed by atoms with Gasteiger partial charge in [-0.15, -0.1) is 0 Å². The number of thiazole rings is 1. The Morgan fingerprint density at radius 1 is 1.06 bits per heavy atom. The van der Waals surface area contributed by atoms with Crippen LogP contribution in [0.4, 0.5) is 0 Å². The van der Waals surface area contributed by atoms with E-state index in [9.17, 15) is 4.79 Å². The second-order valence-electron chi connectivity index (χ2n) is 7.15. The van der Waals surface area contributed by atoms with Gasteiger partial charge in [-0.2, -0.15) is 4.68 Å². The molecule has 0 saturated carbocycles. The maximum Gasteiger partial charge on any atom is 0.281 e. The Balaban J connectivity index is 1.65. The molecule has 5 nitrogen and oxygen atoms in total. The number of H-pyrrole nitrogens is 1. The largest absolute Gasteiger partial charge is 0.497 e. The van der Waals surface area contributed by atoms with Crippen molar-refractivity contribution in [2.24, 2.45) is 0 Å². The molecule has 0 amide bonds. The molecule has 5 aromatic rings. The molecule has 5 rings (SSSR count). The number of hydrogen-bond donors (Lipinski definition) is 1. The summed E-state index contributed by atoms with van der Waals surface area (Å²) in [7, 11) is 1.63. The van der Waals surface area contributed by atoms with E-state index in [1.54, 1.807) is 7.11 Å². The molecule has 0 unspecified atom stereocenters. The lowest BCUT2D eigenvalue weighted by molar-refractivity contribution is 0.415. The van der Waals surface area contributed by atoms with Gasteiger partial charge >= 0.3 is 0 Å². The first-order valence-electron chi connectivity index (χ1n) is 10.1. The summed E-state index contributed by atoms with van der Waals surface area (Å²) in [6.07, 6.45) is 1.87. The third-order valence-electron chi connectivity index (χ3n) is 4.98. The van der Waals surface area contributed by atoms with E-state index < -0.39 is 0 Å². The summed E-state index contributed by atoms with van der Waals surface area (Å²) < 4.78 is 7.77. The highest BCUT2D eigenvalue weighted by atomic mass is 35.5. The summed E-state index contributed by atoms with van der Waals surface area (Å²) in [5, 5.41) is 7.72. The maximum absolute atomic E-state index is 13.4. The summed E-state index contributed by atoms with van der Waals surface area (Å²) in [4.78, 5) is 19.1. The second kappa shape index (κ2) is 9.31. The predicted octanol–water partition coefficient (Wildman–Crippen LogP) is 4.80. The van der Waals surface area contributed by atoms with Crippen molar-refractivity contribution in [1.82, 2.24) is 14.8 Å². The Kier molecular flexibility index (Phi) is 6.09. The minimum Gasteiger partial charge on any atom is -0.497 e. The van der Waals surface area contributed by atoms with Crippen molar-refractivity contribution in [3.8, 4) is 10.9 Å². The highest BCUT2D eigenvalue weighted by Gasteiger charge is 2.11. The molecule has 164 valence electrons. The van der Waals surface area contributed by atoms with Gasteiger partial charge in [0.1, 0.15) is 5.75 Å². The van der Waals surface area contributed by atoms with E-state index in [1.807, 2.05) is 84.3 Å². The minimum atomic E-state index is -0.159. The number of aromatic amines is 1. The Morgan fingerprint density at radius 3 is 2.55 bits per heavy atom. The summed E-state index contributed by atoms with van der Waals surface area (Å²) in [5.74, 6) is 0.762. The third-order valence-corrected chi connectivity index (χ3v) is 7.15. The molecule has 0 atom stereocenters. The number of nitrogens with zero attached hydrogens (tertiary/aromatic N) is 2. The number of fused-ring (bicyclic) bond motifs is 1. The number of methoxy groups -OCH3 is 1. The van der Waals surface area contributed by atoms with Crippen LogP contribution in [0.5, 0.6) is 5.75 Å². The van der Waals surface area contributed by atoms with Gasteiger partial charge in [-0.05, 0) is 60.2 Å². The number of hydrogen-bond acceptors (Lipinski definition) is 5. The lowest BCUT2D eigenvalue weighted by Gasteiger charge is -1.98.